The highest BCUT2D eigenvalue weighted by atomic mass is 16.5. The quantitative estimate of drug-likeness (QED) is 0.719. The second-order valence-corrected chi connectivity index (χ2v) is 2.98. The first-order chi connectivity index (χ1) is 6.72. The second-order valence-electron chi connectivity index (χ2n) is 2.98. The van der Waals surface area contributed by atoms with Gasteiger partial charge in [0.2, 0.25) is 0 Å². The Morgan fingerprint density at radius 3 is 2.29 bits per heavy atom. The topological polar surface area (TPSA) is 35.5 Å². The molecule has 14 heavy (non-hydrogen) atoms. The Labute approximate surface area is 83.6 Å². The van der Waals surface area contributed by atoms with Gasteiger partial charge >= 0.3 is 0 Å². The van der Waals surface area contributed by atoms with E-state index in [0.29, 0.717) is 13.0 Å². The van der Waals surface area contributed by atoms with Gasteiger partial charge in [-0.05, 0) is 31.2 Å². The number of hydrogen-bond donors (Lipinski definition) is 0. The first-order valence-electron chi connectivity index (χ1n) is 4.48. The standard InChI is InChI=1S/C11H14O3/c1-9(12)7-8-14-11-5-3-10(13-2)4-6-11/h3-6H,7-8H2,1-2H3. The number of ether oxygens (including phenoxy) is 2. The van der Waals surface area contributed by atoms with Gasteiger partial charge in [-0.15, -0.1) is 0 Å². The molecule has 0 heterocycles. The van der Waals surface area contributed by atoms with Crippen molar-refractivity contribution in [1.29, 1.82) is 0 Å². The first-order valence-corrected chi connectivity index (χ1v) is 4.48. The van der Waals surface area contributed by atoms with E-state index in [4.69, 9.17) is 9.47 Å². The van der Waals surface area contributed by atoms with Gasteiger partial charge in [-0.1, -0.05) is 0 Å². The maximum absolute atomic E-state index is 10.6. The van der Waals surface area contributed by atoms with E-state index in [1.807, 2.05) is 24.3 Å². The lowest BCUT2D eigenvalue weighted by atomic mass is 10.3. The SMILES string of the molecule is COc1ccc(OCCC(C)=O)cc1. The molecule has 0 aliphatic carbocycles. The van der Waals surface area contributed by atoms with Crippen molar-refractivity contribution in [1.82, 2.24) is 0 Å². The van der Waals surface area contributed by atoms with Crippen LogP contribution in [0.3, 0.4) is 0 Å². The van der Waals surface area contributed by atoms with Gasteiger partial charge in [0.15, 0.2) is 0 Å². The lowest BCUT2D eigenvalue weighted by Gasteiger charge is -2.05. The van der Waals surface area contributed by atoms with Gasteiger partial charge in [-0.25, -0.2) is 0 Å². The number of Topliss-reactive ketones (excluding diaryl/α,β-unsaturated/α-hetero) is 1. The molecule has 0 amide bonds. The largest absolute Gasteiger partial charge is 0.497 e. The molecule has 1 aromatic carbocycles. The molecule has 0 bridgehead atoms. The minimum Gasteiger partial charge on any atom is -0.497 e. The lowest BCUT2D eigenvalue weighted by Crippen LogP contribution is -2.02. The van der Waals surface area contributed by atoms with Crippen LogP contribution in [0.15, 0.2) is 24.3 Å². The van der Waals surface area contributed by atoms with Crippen molar-refractivity contribution < 1.29 is 14.3 Å². The first kappa shape index (κ1) is 10.6. The number of benzene rings is 1. The van der Waals surface area contributed by atoms with Crippen LogP contribution in [-0.2, 0) is 4.79 Å². The van der Waals surface area contributed by atoms with Crippen molar-refractivity contribution in [2.75, 3.05) is 13.7 Å². The van der Waals surface area contributed by atoms with E-state index in [9.17, 15) is 4.79 Å². The van der Waals surface area contributed by atoms with E-state index in [0.717, 1.165) is 11.5 Å². The summed E-state index contributed by atoms with van der Waals surface area (Å²) >= 11 is 0. The lowest BCUT2D eigenvalue weighted by molar-refractivity contribution is -0.117. The highest BCUT2D eigenvalue weighted by Crippen LogP contribution is 2.16. The summed E-state index contributed by atoms with van der Waals surface area (Å²) in [6.45, 7) is 1.99. The zero-order chi connectivity index (χ0) is 10.4. The van der Waals surface area contributed by atoms with Crippen molar-refractivity contribution in [2.45, 2.75) is 13.3 Å². The summed E-state index contributed by atoms with van der Waals surface area (Å²) in [5.41, 5.74) is 0. The summed E-state index contributed by atoms with van der Waals surface area (Å²) in [6, 6.07) is 7.28. The number of carbonyl (C=O) groups excluding carboxylic acids is 1. The van der Waals surface area contributed by atoms with Gasteiger partial charge in [0, 0.05) is 6.42 Å². The van der Waals surface area contributed by atoms with E-state index >= 15 is 0 Å². The monoisotopic (exact) mass is 194 g/mol. The van der Waals surface area contributed by atoms with Gasteiger partial charge in [0.1, 0.15) is 17.3 Å². The van der Waals surface area contributed by atoms with Crippen LogP contribution in [0.4, 0.5) is 0 Å². The van der Waals surface area contributed by atoms with Crippen LogP contribution in [0.25, 0.3) is 0 Å². The number of carbonyl (C=O) groups is 1. The van der Waals surface area contributed by atoms with Crippen LogP contribution < -0.4 is 9.47 Å². The highest BCUT2D eigenvalue weighted by Gasteiger charge is 1.96. The molecule has 76 valence electrons. The molecule has 0 saturated heterocycles. The third-order valence-electron chi connectivity index (χ3n) is 1.78. The molecule has 0 radical (unpaired) electrons. The molecule has 0 fully saturated rings. The summed E-state index contributed by atoms with van der Waals surface area (Å²) in [5.74, 6) is 1.69. The molecular formula is C11H14O3. The van der Waals surface area contributed by atoms with Crippen molar-refractivity contribution in [3.8, 4) is 11.5 Å². The Kier molecular flexibility index (Phi) is 3.98. The van der Waals surface area contributed by atoms with Gasteiger partial charge < -0.3 is 9.47 Å². The Morgan fingerprint density at radius 1 is 1.21 bits per heavy atom. The fraction of sp³-hybridized carbons (Fsp3) is 0.364. The van der Waals surface area contributed by atoms with Crippen LogP contribution >= 0.6 is 0 Å². The molecule has 3 nitrogen and oxygen atoms in total. The van der Waals surface area contributed by atoms with Crippen molar-refractivity contribution in [3.05, 3.63) is 24.3 Å². The van der Waals surface area contributed by atoms with Crippen LogP contribution in [-0.4, -0.2) is 19.5 Å². The minimum atomic E-state index is 0.138. The Hall–Kier alpha value is -1.51. The van der Waals surface area contributed by atoms with Crippen molar-refractivity contribution >= 4 is 5.78 Å². The Balaban J connectivity index is 2.40. The maximum atomic E-state index is 10.6. The van der Waals surface area contributed by atoms with Crippen LogP contribution in [0, 0.1) is 0 Å². The molecule has 3 heteroatoms. The molecule has 1 aromatic rings. The summed E-state index contributed by atoms with van der Waals surface area (Å²) in [5, 5.41) is 0. The molecular weight excluding hydrogens is 180 g/mol. The van der Waals surface area contributed by atoms with Crippen molar-refractivity contribution in [2.24, 2.45) is 0 Å². The van der Waals surface area contributed by atoms with E-state index in [1.165, 1.54) is 0 Å². The minimum absolute atomic E-state index is 0.138. The average Bonchev–Trinajstić information content (AvgIpc) is 2.18. The van der Waals surface area contributed by atoms with Crippen LogP contribution in [0.5, 0.6) is 11.5 Å². The summed E-state index contributed by atoms with van der Waals surface area (Å²) in [4.78, 5) is 10.6. The van der Waals surface area contributed by atoms with E-state index in [1.54, 1.807) is 14.0 Å². The van der Waals surface area contributed by atoms with Gasteiger partial charge in [0.25, 0.3) is 0 Å². The summed E-state index contributed by atoms with van der Waals surface area (Å²) < 4.78 is 10.3. The normalized spacial score (nSPS) is 9.57. The molecule has 0 N–H and O–H groups in total. The van der Waals surface area contributed by atoms with E-state index in [2.05, 4.69) is 0 Å². The third kappa shape index (κ3) is 3.47. The molecule has 0 aromatic heterocycles. The number of rotatable bonds is 5. The fourth-order valence-electron chi connectivity index (χ4n) is 0.985. The summed E-state index contributed by atoms with van der Waals surface area (Å²) in [6.07, 6.45) is 0.450. The second kappa shape index (κ2) is 5.27. The third-order valence-corrected chi connectivity index (χ3v) is 1.78. The predicted octanol–water partition coefficient (Wildman–Crippen LogP) is 2.05. The average molecular weight is 194 g/mol. The fourth-order valence-corrected chi connectivity index (χ4v) is 0.985. The predicted molar refractivity (Wildman–Crippen MR) is 53.8 cm³/mol. The molecule has 0 aliphatic rings. The molecule has 0 aliphatic heterocycles. The number of hydrogen-bond acceptors (Lipinski definition) is 3. The van der Waals surface area contributed by atoms with Gasteiger partial charge in [-0.3, -0.25) is 4.79 Å². The zero-order valence-electron chi connectivity index (χ0n) is 8.45. The summed E-state index contributed by atoms with van der Waals surface area (Å²) in [7, 11) is 1.62. The van der Waals surface area contributed by atoms with E-state index in [-0.39, 0.29) is 5.78 Å². The zero-order valence-corrected chi connectivity index (χ0v) is 8.45. The molecule has 0 spiro atoms. The van der Waals surface area contributed by atoms with Gasteiger partial charge in [0.05, 0.1) is 13.7 Å². The van der Waals surface area contributed by atoms with E-state index < -0.39 is 0 Å². The highest BCUT2D eigenvalue weighted by molar-refractivity contribution is 5.75. The van der Waals surface area contributed by atoms with Crippen LogP contribution in [0.2, 0.25) is 0 Å². The Morgan fingerprint density at radius 2 is 1.79 bits per heavy atom. The Bertz CT molecular complexity index is 290. The molecule has 0 unspecified atom stereocenters. The van der Waals surface area contributed by atoms with Gasteiger partial charge in [-0.2, -0.15) is 0 Å². The molecule has 0 saturated carbocycles. The molecule has 1 rings (SSSR count). The maximum Gasteiger partial charge on any atom is 0.133 e. The van der Waals surface area contributed by atoms with Crippen LogP contribution in [0.1, 0.15) is 13.3 Å². The van der Waals surface area contributed by atoms with Crippen molar-refractivity contribution in [3.63, 3.8) is 0 Å². The molecule has 0 atom stereocenters. The number of methoxy groups -OCH3 is 1. The smallest absolute Gasteiger partial charge is 0.133 e. The number of ketones is 1.